The first-order chi connectivity index (χ1) is 14.5. The Morgan fingerprint density at radius 3 is 2.43 bits per heavy atom. The summed E-state index contributed by atoms with van der Waals surface area (Å²) in [5.41, 5.74) is 0.901. The number of nitrogens with one attached hydrogen (secondary N) is 1. The molecule has 2 aromatic rings. The third kappa shape index (κ3) is 5.40. The van der Waals surface area contributed by atoms with Crippen molar-refractivity contribution in [3.05, 3.63) is 24.3 Å². The number of para-hydroxylation sites is 1. The van der Waals surface area contributed by atoms with Gasteiger partial charge in [-0.1, -0.05) is 44.2 Å². The first-order valence-corrected chi connectivity index (χ1v) is 12.9. The number of anilines is 2. The number of aromatic nitrogens is 2. The van der Waals surface area contributed by atoms with Crippen LogP contribution in [-0.2, 0) is 10.1 Å². The second kappa shape index (κ2) is 9.47. The molecule has 0 radical (unpaired) electrons. The quantitative estimate of drug-likeness (QED) is 0.597. The van der Waals surface area contributed by atoms with Crippen LogP contribution in [0.2, 0.25) is 0 Å². The lowest BCUT2D eigenvalue weighted by Crippen LogP contribution is -2.39. The third-order valence-electron chi connectivity index (χ3n) is 6.36. The van der Waals surface area contributed by atoms with Gasteiger partial charge < -0.3 is 10.2 Å². The standard InChI is InChI=1S/C22H32N4O3S/c27-30(28,29)16-8-15-26(18-11-2-1-3-12-18)22-24-20-14-7-6-13-19(20)21(25-22)23-17-9-4-5-10-17/h6-7,13-14,17-18H,1-5,8-12,15-16H2,(H,23,24,25)(H,27,28,29). The van der Waals surface area contributed by atoms with Crippen molar-refractivity contribution in [2.45, 2.75) is 76.3 Å². The Labute approximate surface area is 179 Å². The Bertz CT molecular complexity index is 954. The summed E-state index contributed by atoms with van der Waals surface area (Å²) in [5, 5.41) is 4.67. The maximum atomic E-state index is 11.2. The molecule has 2 aliphatic carbocycles. The predicted molar refractivity (Wildman–Crippen MR) is 121 cm³/mol. The van der Waals surface area contributed by atoms with Gasteiger partial charge in [0.15, 0.2) is 0 Å². The zero-order chi connectivity index (χ0) is 21.0. The SMILES string of the molecule is O=S(=O)(O)CCCN(c1nc(NC2CCCC2)c2ccccc2n1)C1CCCCC1. The van der Waals surface area contributed by atoms with Gasteiger partial charge in [0.2, 0.25) is 5.95 Å². The number of benzene rings is 1. The maximum Gasteiger partial charge on any atom is 0.264 e. The van der Waals surface area contributed by atoms with Gasteiger partial charge in [0.25, 0.3) is 10.1 Å². The molecule has 164 valence electrons. The van der Waals surface area contributed by atoms with E-state index in [0.29, 0.717) is 31.0 Å². The maximum absolute atomic E-state index is 11.2. The van der Waals surface area contributed by atoms with Crippen LogP contribution in [0.25, 0.3) is 10.9 Å². The average molecular weight is 433 g/mol. The molecular formula is C22H32N4O3S. The van der Waals surface area contributed by atoms with E-state index in [1.807, 2.05) is 18.2 Å². The summed E-state index contributed by atoms with van der Waals surface area (Å²) in [4.78, 5) is 12.0. The molecule has 1 aromatic carbocycles. The van der Waals surface area contributed by atoms with Gasteiger partial charge in [-0.2, -0.15) is 13.4 Å². The van der Waals surface area contributed by atoms with Gasteiger partial charge in [-0.05, 0) is 44.2 Å². The van der Waals surface area contributed by atoms with E-state index in [2.05, 4.69) is 16.3 Å². The van der Waals surface area contributed by atoms with Crippen LogP contribution in [0.1, 0.15) is 64.2 Å². The largest absolute Gasteiger partial charge is 0.367 e. The summed E-state index contributed by atoms with van der Waals surface area (Å²) in [5.74, 6) is 1.30. The van der Waals surface area contributed by atoms with Crippen molar-refractivity contribution in [2.75, 3.05) is 22.5 Å². The van der Waals surface area contributed by atoms with E-state index < -0.39 is 10.1 Å². The minimum atomic E-state index is -3.97. The predicted octanol–water partition coefficient (Wildman–Crippen LogP) is 4.40. The average Bonchev–Trinajstić information content (AvgIpc) is 3.24. The van der Waals surface area contributed by atoms with Crippen molar-refractivity contribution in [1.82, 2.24) is 9.97 Å². The number of hydrogen-bond donors (Lipinski definition) is 2. The molecule has 8 heteroatoms. The van der Waals surface area contributed by atoms with Crippen molar-refractivity contribution in [2.24, 2.45) is 0 Å². The monoisotopic (exact) mass is 432 g/mol. The third-order valence-corrected chi connectivity index (χ3v) is 7.17. The van der Waals surface area contributed by atoms with Crippen LogP contribution in [0, 0.1) is 0 Å². The Morgan fingerprint density at radius 2 is 1.70 bits per heavy atom. The highest BCUT2D eigenvalue weighted by molar-refractivity contribution is 7.85. The van der Waals surface area contributed by atoms with Crippen LogP contribution in [0.4, 0.5) is 11.8 Å². The molecule has 0 atom stereocenters. The fraction of sp³-hybridized carbons (Fsp3) is 0.636. The lowest BCUT2D eigenvalue weighted by Gasteiger charge is -2.35. The number of hydrogen-bond acceptors (Lipinski definition) is 6. The van der Waals surface area contributed by atoms with E-state index in [-0.39, 0.29) is 5.75 Å². The molecule has 7 nitrogen and oxygen atoms in total. The fourth-order valence-corrected chi connectivity index (χ4v) is 5.32. The van der Waals surface area contributed by atoms with Crippen molar-refractivity contribution >= 4 is 32.8 Å². The Morgan fingerprint density at radius 1 is 1.00 bits per heavy atom. The van der Waals surface area contributed by atoms with E-state index in [0.717, 1.165) is 42.4 Å². The Kier molecular flexibility index (Phi) is 6.73. The highest BCUT2D eigenvalue weighted by atomic mass is 32.2. The summed E-state index contributed by atoms with van der Waals surface area (Å²) in [6.45, 7) is 0.520. The van der Waals surface area contributed by atoms with Gasteiger partial charge in [0, 0.05) is 24.0 Å². The summed E-state index contributed by atoms with van der Waals surface area (Å²) in [7, 11) is -3.97. The zero-order valence-corrected chi connectivity index (χ0v) is 18.3. The van der Waals surface area contributed by atoms with Crippen LogP contribution in [0.3, 0.4) is 0 Å². The summed E-state index contributed by atoms with van der Waals surface area (Å²) >= 11 is 0. The molecule has 0 saturated heterocycles. The van der Waals surface area contributed by atoms with E-state index in [4.69, 9.17) is 14.5 Å². The summed E-state index contributed by atoms with van der Waals surface area (Å²) in [6.07, 6.45) is 10.9. The van der Waals surface area contributed by atoms with Crippen molar-refractivity contribution in [1.29, 1.82) is 0 Å². The minimum Gasteiger partial charge on any atom is -0.367 e. The molecule has 0 amide bonds. The zero-order valence-electron chi connectivity index (χ0n) is 17.5. The number of nitrogens with zero attached hydrogens (tertiary/aromatic N) is 3. The molecule has 1 heterocycles. The highest BCUT2D eigenvalue weighted by Gasteiger charge is 2.25. The summed E-state index contributed by atoms with van der Waals surface area (Å²) < 4.78 is 31.7. The van der Waals surface area contributed by atoms with Gasteiger partial charge in [-0.3, -0.25) is 4.55 Å². The molecule has 2 aliphatic rings. The van der Waals surface area contributed by atoms with Crippen LogP contribution < -0.4 is 10.2 Å². The van der Waals surface area contributed by atoms with Gasteiger partial charge in [-0.15, -0.1) is 0 Å². The molecule has 0 unspecified atom stereocenters. The van der Waals surface area contributed by atoms with Crippen LogP contribution in [0.15, 0.2) is 24.3 Å². The van der Waals surface area contributed by atoms with E-state index in [1.165, 1.54) is 32.1 Å². The smallest absolute Gasteiger partial charge is 0.264 e. The van der Waals surface area contributed by atoms with E-state index >= 15 is 0 Å². The normalized spacial score (nSPS) is 18.7. The minimum absolute atomic E-state index is 0.239. The topological polar surface area (TPSA) is 95.4 Å². The van der Waals surface area contributed by atoms with Crippen LogP contribution >= 0.6 is 0 Å². The van der Waals surface area contributed by atoms with Gasteiger partial charge in [0.05, 0.1) is 11.3 Å². The van der Waals surface area contributed by atoms with E-state index in [1.54, 1.807) is 0 Å². The van der Waals surface area contributed by atoms with Crippen LogP contribution in [-0.4, -0.2) is 47.3 Å². The summed E-state index contributed by atoms with van der Waals surface area (Å²) in [6, 6.07) is 8.81. The first kappa shape index (κ1) is 21.3. The first-order valence-electron chi connectivity index (χ1n) is 11.2. The number of fused-ring (bicyclic) bond motifs is 1. The second-order valence-electron chi connectivity index (χ2n) is 8.64. The molecule has 4 rings (SSSR count). The molecule has 2 saturated carbocycles. The van der Waals surface area contributed by atoms with Gasteiger partial charge in [0.1, 0.15) is 5.82 Å². The molecule has 2 N–H and O–H groups in total. The highest BCUT2D eigenvalue weighted by Crippen LogP contribution is 2.31. The molecule has 30 heavy (non-hydrogen) atoms. The lowest BCUT2D eigenvalue weighted by molar-refractivity contribution is 0.409. The second-order valence-corrected chi connectivity index (χ2v) is 10.2. The molecule has 0 bridgehead atoms. The van der Waals surface area contributed by atoms with Crippen LogP contribution in [0.5, 0.6) is 0 Å². The van der Waals surface area contributed by atoms with Gasteiger partial charge in [-0.25, -0.2) is 4.98 Å². The number of rotatable bonds is 8. The molecule has 1 aromatic heterocycles. The van der Waals surface area contributed by atoms with Crippen molar-refractivity contribution in [3.8, 4) is 0 Å². The molecule has 0 aliphatic heterocycles. The molecule has 0 spiro atoms. The molecular weight excluding hydrogens is 400 g/mol. The molecule has 2 fully saturated rings. The van der Waals surface area contributed by atoms with E-state index in [9.17, 15) is 8.42 Å². The van der Waals surface area contributed by atoms with Crippen molar-refractivity contribution < 1.29 is 13.0 Å². The van der Waals surface area contributed by atoms with Gasteiger partial charge >= 0.3 is 0 Å². The van der Waals surface area contributed by atoms with Crippen molar-refractivity contribution in [3.63, 3.8) is 0 Å². The lowest BCUT2D eigenvalue weighted by atomic mass is 9.94. The Balaban J connectivity index is 1.66. The Hall–Kier alpha value is -1.93. The fourth-order valence-electron chi connectivity index (χ4n) is 4.82.